The third-order valence-electron chi connectivity index (χ3n) is 12.8. The molecular formula is C62H41N. The standard InChI is InChI=1S/C62H41N/c1-4-17-42(18-5-1)51-39-40-60(57-27-14-12-25-53(51)57)63(47-34-31-44(32-35-47)50-29-16-30-52-49-24-11-10-19-43(49)33-37-55(50)52)48-36-38-56-54-26-13-15-28-58(54)61(45-20-6-2-7-21-45)62(59(56)41-48)46-22-8-3-9-23-46/h1-41H. The highest BCUT2D eigenvalue weighted by Crippen LogP contribution is 2.48. The summed E-state index contributed by atoms with van der Waals surface area (Å²) < 4.78 is 0. The van der Waals surface area contributed by atoms with Crippen molar-refractivity contribution in [2.45, 2.75) is 0 Å². The van der Waals surface area contributed by atoms with E-state index in [0.717, 1.165) is 17.1 Å². The van der Waals surface area contributed by atoms with Crippen LogP contribution in [0.4, 0.5) is 17.1 Å². The smallest absolute Gasteiger partial charge is 0.0540 e. The molecule has 0 aliphatic carbocycles. The van der Waals surface area contributed by atoms with E-state index in [9.17, 15) is 0 Å². The molecule has 0 heterocycles. The minimum absolute atomic E-state index is 1.09. The second-order valence-corrected chi connectivity index (χ2v) is 16.4. The van der Waals surface area contributed by atoms with Gasteiger partial charge in [-0.2, -0.15) is 0 Å². The SMILES string of the molecule is c1ccc(-c2ccc(N(c3ccc(-c4cccc5c4ccc4ccccc45)cc3)c3ccc4c(c3)c(-c3ccccc3)c(-c3ccccc3)c3ccccc34)c3ccccc23)cc1. The van der Waals surface area contributed by atoms with Crippen molar-refractivity contribution >= 4 is 70.9 Å². The van der Waals surface area contributed by atoms with Crippen LogP contribution in [0.1, 0.15) is 0 Å². The zero-order valence-electron chi connectivity index (χ0n) is 34.6. The Bertz CT molecular complexity index is 3650. The van der Waals surface area contributed by atoms with Crippen molar-refractivity contribution in [3.63, 3.8) is 0 Å². The van der Waals surface area contributed by atoms with Gasteiger partial charge in [0.2, 0.25) is 0 Å². The highest BCUT2D eigenvalue weighted by molar-refractivity contribution is 6.22. The maximum atomic E-state index is 2.46. The zero-order valence-corrected chi connectivity index (χ0v) is 34.6. The van der Waals surface area contributed by atoms with Crippen LogP contribution in [0.15, 0.2) is 249 Å². The van der Waals surface area contributed by atoms with Crippen molar-refractivity contribution in [2.24, 2.45) is 0 Å². The summed E-state index contributed by atoms with van der Waals surface area (Å²) in [6, 6.07) is 91.1. The molecule has 0 amide bonds. The van der Waals surface area contributed by atoms with Gasteiger partial charge in [-0.15, -0.1) is 0 Å². The predicted molar refractivity (Wildman–Crippen MR) is 270 cm³/mol. The molecule has 0 unspecified atom stereocenters. The molecule has 12 aromatic carbocycles. The van der Waals surface area contributed by atoms with Gasteiger partial charge in [0, 0.05) is 16.8 Å². The van der Waals surface area contributed by atoms with Gasteiger partial charge in [-0.05, 0) is 123 Å². The van der Waals surface area contributed by atoms with E-state index < -0.39 is 0 Å². The highest BCUT2D eigenvalue weighted by atomic mass is 15.1. The van der Waals surface area contributed by atoms with Crippen LogP contribution in [-0.2, 0) is 0 Å². The fourth-order valence-corrected chi connectivity index (χ4v) is 9.98. The second-order valence-electron chi connectivity index (χ2n) is 16.4. The molecule has 0 spiro atoms. The minimum Gasteiger partial charge on any atom is -0.310 e. The van der Waals surface area contributed by atoms with Crippen LogP contribution in [-0.4, -0.2) is 0 Å². The molecular weight excluding hydrogens is 759 g/mol. The molecule has 0 bridgehead atoms. The van der Waals surface area contributed by atoms with E-state index in [1.807, 2.05) is 0 Å². The van der Waals surface area contributed by atoms with E-state index in [2.05, 4.69) is 254 Å². The lowest BCUT2D eigenvalue weighted by Gasteiger charge is -2.29. The van der Waals surface area contributed by atoms with Crippen molar-refractivity contribution in [3.05, 3.63) is 249 Å². The molecule has 0 N–H and O–H groups in total. The number of fused-ring (bicyclic) bond motifs is 7. The Morgan fingerprint density at radius 1 is 0.222 bits per heavy atom. The lowest BCUT2D eigenvalue weighted by molar-refractivity contribution is 1.30. The van der Waals surface area contributed by atoms with E-state index in [1.165, 1.54) is 98.4 Å². The summed E-state index contributed by atoms with van der Waals surface area (Å²) in [6.07, 6.45) is 0. The molecule has 0 aromatic heterocycles. The Morgan fingerprint density at radius 2 is 0.683 bits per heavy atom. The van der Waals surface area contributed by atoms with Gasteiger partial charge in [-0.3, -0.25) is 0 Å². The molecule has 0 saturated heterocycles. The fourth-order valence-electron chi connectivity index (χ4n) is 9.98. The molecule has 0 atom stereocenters. The van der Waals surface area contributed by atoms with Crippen molar-refractivity contribution in [2.75, 3.05) is 4.90 Å². The molecule has 12 rings (SSSR count). The minimum atomic E-state index is 1.09. The van der Waals surface area contributed by atoms with Crippen molar-refractivity contribution < 1.29 is 0 Å². The number of anilines is 3. The Labute approximate surface area is 367 Å². The molecule has 63 heavy (non-hydrogen) atoms. The van der Waals surface area contributed by atoms with Crippen LogP contribution in [0.3, 0.4) is 0 Å². The molecule has 0 radical (unpaired) electrons. The van der Waals surface area contributed by atoms with Gasteiger partial charge in [0.15, 0.2) is 0 Å². The van der Waals surface area contributed by atoms with E-state index >= 15 is 0 Å². The van der Waals surface area contributed by atoms with Crippen molar-refractivity contribution in [1.82, 2.24) is 0 Å². The molecule has 0 saturated carbocycles. The van der Waals surface area contributed by atoms with Gasteiger partial charge in [0.25, 0.3) is 0 Å². The third kappa shape index (κ3) is 6.25. The zero-order chi connectivity index (χ0) is 41.7. The summed E-state index contributed by atoms with van der Waals surface area (Å²) in [5.74, 6) is 0. The van der Waals surface area contributed by atoms with Crippen LogP contribution in [0.25, 0.3) is 98.4 Å². The van der Waals surface area contributed by atoms with Crippen LogP contribution >= 0.6 is 0 Å². The molecule has 12 aromatic rings. The van der Waals surface area contributed by atoms with E-state index in [-0.39, 0.29) is 0 Å². The summed E-state index contributed by atoms with van der Waals surface area (Å²) in [5, 5.41) is 12.4. The first-order chi connectivity index (χ1) is 31.3. The monoisotopic (exact) mass is 799 g/mol. The van der Waals surface area contributed by atoms with Gasteiger partial charge in [-0.1, -0.05) is 218 Å². The van der Waals surface area contributed by atoms with E-state index in [4.69, 9.17) is 0 Å². The number of hydrogen-bond acceptors (Lipinski definition) is 1. The second kappa shape index (κ2) is 15.3. The largest absolute Gasteiger partial charge is 0.310 e. The summed E-state index contributed by atoms with van der Waals surface area (Å²) in [7, 11) is 0. The van der Waals surface area contributed by atoms with Gasteiger partial charge in [0.1, 0.15) is 0 Å². The maximum Gasteiger partial charge on any atom is 0.0540 e. The molecule has 1 heteroatoms. The predicted octanol–water partition coefficient (Wildman–Crippen LogP) is 17.6. The normalized spacial score (nSPS) is 11.5. The van der Waals surface area contributed by atoms with Crippen molar-refractivity contribution in [3.8, 4) is 44.5 Å². The van der Waals surface area contributed by atoms with Gasteiger partial charge < -0.3 is 4.90 Å². The van der Waals surface area contributed by atoms with Gasteiger partial charge >= 0.3 is 0 Å². The first-order valence-electron chi connectivity index (χ1n) is 21.8. The summed E-state index contributed by atoms with van der Waals surface area (Å²) in [6.45, 7) is 0. The first-order valence-corrected chi connectivity index (χ1v) is 21.8. The fraction of sp³-hybridized carbons (Fsp3) is 0. The molecule has 0 aliphatic rings. The molecule has 0 fully saturated rings. The molecule has 294 valence electrons. The molecule has 0 aliphatic heterocycles. The summed E-state index contributed by atoms with van der Waals surface area (Å²) in [5.41, 5.74) is 13.0. The van der Waals surface area contributed by atoms with Gasteiger partial charge in [0.05, 0.1) is 5.69 Å². The number of benzene rings is 12. The summed E-state index contributed by atoms with van der Waals surface area (Å²) >= 11 is 0. The lowest BCUT2D eigenvalue weighted by atomic mass is 9.85. The van der Waals surface area contributed by atoms with Crippen LogP contribution in [0.5, 0.6) is 0 Å². The summed E-state index contributed by atoms with van der Waals surface area (Å²) in [4.78, 5) is 2.46. The van der Waals surface area contributed by atoms with Crippen LogP contribution in [0, 0.1) is 0 Å². The highest BCUT2D eigenvalue weighted by Gasteiger charge is 2.22. The first kappa shape index (κ1) is 36.6. The quantitative estimate of drug-likeness (QED) is 0.145. The van der Waals surface area contributed by atoms with Crippen LogP contribution < -0.4 is 4.90 Å². The topological polar surface area (TPSA) is 3.24 Å². The lowest BCUT2D eigenvalue weighted by Crippen LogP contribution is -2.11. The Kier molecular flexibility index (Phi) is 8.90. The van der Waals surface area contributed by atoms with Crippen molar-refractivity contribution in [1.29, 1.82) is 0 Å². The molecule has 1 nitrogen and oxygen atoms in total. The number of rotatable bonds is 7. The van der Waals surface area contributed by atoms with Crippen LogP contribution in [0.2, 0.25) is 0 Å². The Balaban J connectivity index is 1.11. The van der Waals surface area contributed by atoms with Gasteiger partial charge in [-0.25, -0.2) is 0 Å². The average Bonchev–Trinajstić information content (AvgIpc) is 3.36. The number of nitrogens with zero attached hydrogens (tertiary/aromatic N) is 1. The number of hydrogen-bond donors (Lipinski definition) is 0. The van der Waals surface area contributed by atoms with E-state index in [1.54, 1.807) is 0 Å². The van der Waals surface area contributed by atoms with E-state index in [0.29, 0.717) is 0 Å². The Morgan fingerprint density at radius 3 is 1.40 bits per heavy atom. The average molecular weight is 800 g/mol. The third-order valence-corrected chi connectivity index (χ3v) is 12.8. The Hall–Kier alpha value is -8.26. The maximum absolute atomic E-state index is 2.46.